The smallest absolute Gasteiger partial charge is 0.326 e. The van der Waals surface area contributed by atoms with E-state index in [-0.39, 0.29) is 18.7 Å². The van der Waals surface area contributed by atoms with E-state index < -0.39 is 11.8 Å². The molecule has 3 N–H and O–H groups in total. The molecule has 0 unspecified atom stereocenters. The van der Waals surface area contributed by atoms with Crippen molar-refractivity contribution in [1.82, 2.24) is 9.78 Å². The van der Waals surface area contributed by atoms with Gasteiger partial charge in [-0.2, -0.15) is 18.3 Å². The van der Waals surface area contributed by atoms with Gasteiger partial charge in [0.05, 0.1) is 6.20 Å². The number of fused-ring (bicyclic) bond motifs is 1. The van der Waals surface area contributed by atoms with Gasteiger partial charge in [0.1, 0.15) is 6.54 Å². The molecule has 0 fully saturated rings. The lowest BCUT2D eigenvalue weighted by Crippen LogP contribution is -2.41. The molecule has 0 aliphatic carbocycles. The summed E-state index contributed by atoms with van der Waals surface area (Å²) in [6, 6.07) is 3.36. The molecule has 2 aromatic heterocycles. The lowest BCUT2D eigenvalue weighted by atomic mass is 10.3. The molecule has 0 saturated heterocycles. The molecule has 0 radical (unpaired) electrons. The lowest BCUT2D eigenvalue weighted by molar-refractivity contribution is -0.530. The fraction of sp³-hybridized carbons (Fsp3) is 0.200. The number of hydrogen-bond donors (Lipinski definition) is 2. The molecule has 0 aliphatic rings. The van der Waals surface area contributed by atoms with E-state index in [1.54, 1.807) is 18.3 Å². The van der Waals surface area contributed by atoms with Crippen molar-refractivity contribution in [3.63, 3.8) is 0 Å². The van der Waals surface area contributed by atoms with Gasteiger partial charge in [-0.25, -0.2) is 4.79 Å². The fourth-order valence-electron chi connectivity index (χ4n) is 1.54. The summed E-state index contributed by atoms with van der Waals surface area (Å²) in [5.74, 6) is 0. The number of hydrogen-bond acceptors (Lipinski definition) is 2. The van der Waals surface area contributed by atoms with Gasteiger partial charge in [-0.05, 0) is 6.07 Å². The summed E-state index contributed by atoms with van der Waals surface area (Å²) in [4.78, 5) is 11.9. The Hall–Kier alpha value is -1.54. The minimum atomic E-state index is -1.85. The molecular formula is C10H10BrF2N4O+. The van der Waals surface area contributed by atoms with Gasteiger partial charge in [0.2, 0.25) is 0 Å². The maximum absolute atomic E-state index is 12.5. The van der Waals surface area contributed by atoms with Crippen LogP contribution in [0.1, 0.15) is 0 Å². The van der Waals surface area contributed by atoms with E-state index in [0.717, 1.165) is 9.15 Å². The number of nitrogens with zero attached hydrogens (tertiary/aromatic N) is 2. The number of pyridine rings is 1. The second kappa shape index (κ2) is 4.99. The zero-order chi connectivity index (χ0) is 13.3. The average Bonchev–Trinajstić information content (AvgIpc) is 2.62. The highest BCUT2D eigenvalue weighted by molar-refractivity contribution is 9.10. The molecule has 0 atom stereocenters. The zero-order valence-corrected chi connectivity index (χ0v) is 10.7. The number of nitrogens with one attached hydrogen (secondary N) is 1. The molecule has 8 heteroatoms. The molecule has 0 spiro atoms. The van der Waals surface area contributed by atoms with Gasteiger partial charge in [-0.1, -0.05) is 15.9 Å². The highest BCUT2D eigenvalue weighted by Gasteiger charge is 2.17. The molecule has 96 valence electrons. The van der Waals surface area contributed by atoms with Crippen LogP contribution in [0.4, 0.5) is 8.78 Å². The number of nitrogens with two attached hydrogens (primary N) is 1. The molecule has 0 amide bonds. The molecular weight excluding hydrogens is 310 g/mol. The number of aromatic nitrogens is 3. The van der Waals surface area contributed by atoms with Crippen molar-refractivity contribution in [2.75, 3.05) is 6.54 Å². The Bertz CT molecular complexity index is 672. The van der Waals surface area contributed by atoms with Crippen LogP contribution in [0.15, 0.2) is 39.3 Å². The van der Waals surface area contributed by atoms with Gasteiger partial charge in [0, 0.05) is 22.7 Å². The first-order valence-electron chi connectivity index (χ1n) is 5.05. The Morgan fingerprint density at radius 2 is 2.28 bits per heavy atom. The van der Waals surface area contributed by atoms with E-state index in [2.05, 4.69) is 21.0 Å². The Morgan fingerprint density at radius 3 is 2.89 bits per heavy atom. The Labute approximate surface area is 109 Å². The first-order chi connectivity index (χ1) is 8.52. The van der Waals surface area contributed by atoms with E-state index >= 15 is 0 Å². The predicted molar refractivity (Wildman–Crippen MR) is 64.2 cm³/mol. The fourth-order valence-corrected chi connectivity index (χ4v) is 1.88. The number of halogens is 3. The van der Waals surface area contributed by atoms with Crippen LogP contribution < -0.4 is 15.8 Å². The summed E-state index contributed by atoms with van der Waals surface area (Å²) in [6.45, 7) is -0.546. The SMILES string of the molecule is NCC(Cn1[nH]c2cc(Br)cc[n+]2c1=O)=C(F)F. The maximum atomic E-state index is 12.5. The maximum Gasteiger partial charge on any atom is 0.476 e. The van der Waals surface area contributed by atoms with Crippen molar-refractivity contribution in [3.05, 3.63) is 44.9 Å². The standard InChI is InChI=1S/C10H9BrF2N4O/c11-7-1-2-16-8(3-7)15-17(10(16)18)5-6(4-14)9(12)13/h1-3H,4-5,14H2/p+1. The normalized spacial score (nSPS) is 10.9. The second-order valence-corrected chi connectivity index (χ2v) is 4.56. The third-order valence-electron chi connectivity index (χ3n) is 2.47. The van der Waals surface area contributed by atoms with Gasteiger partial charge >= 0.3 is 5.69 Å². The van der Waals surface area contributed by atoms with E-state index in [0.29, 0.717) is 5.65 Å². The summed E-state index contributed by atoms with van der Waals surface area (Å²) >= 11 is 3.26. The quantitative estimate of drug-likeness (QED) is 0.821. The Balaban J connectivity index is 2.50. The molecule has 5 nitrogen and oxygen atoms in total. The minimum absolute atomic E-state index is 0.253. The summed E-state index contributed by atoms with van der Waals surface area (Å²) < 4.78 is 28.2. The van der Waals surface area contributed by atoms with Crippen LogP contribution in [0.5, 0.6) is 0 Å². The van der Waals surface area contributed by atoms with Crippen molar-refractivity contribution in [3.8, 4) is 0 Å². The Kier molecular flexibility index (Phi) is 3.58. The first-order valence-corrected chi connectivity index (χ1v) is 5.85. The van der Waals surface area contributed by atoms with Crippen molar-refractivity contribution in [2.24, 2.45) is 5.73 Å². The molecule has 0 bridgehead atoms. The van der Waals surface area contributed by atoms with Crippen LogP contribution in [-0.2, 0) is 6.54 Å². The molecule has 18 heavy (non-hydrogen) atoms. The number of H-pyrrole nitrogens is 1. The highest BCUT2D eigenvalue weighted by atomic mass is 79.9. The van der Waals surface area contributed by atoms with E-state index in [4.69, 9.17) is 5.73 Å². The van der Waals surface area contributed by atoms with Crippen LogP contribution in [0.2, 0.25) is 0 Å². The molecule has 2 heterocycles. The third kappa shape index (κ3) is 2.34. The number of aromatic amines is 1. The van der Waals surface area contributed by atoms with Gasteiger partial charge in [0.25, 0.3) is 11.7 Å². The molecule has 0 saturated carbocycles. The second-order valence-electron chi connectivity index (χ2n) is 3.65. The zero-order valence-electron chi connectivity index (χ0n) is 9.16. The van der Waals surface area contributed by atoms with E-state index in [1.165, 1.54) is 4.40 Å². The van der Waals surface area contributed by atoms with Gasteiger partial charge in [0.15, 0.2) is 0 Å². The summed E-state index contributed by atoms with van der Waals surface area (Å²) in [5, 5.41) is 2.74. The van der Waals surface area contributed by atoms with Crippen LogP contribution in [-0.4, -0.2) is 16.3 Å². The monoisotopic (exact) mass is 319 g/mol. The summed E-state index contributed by atoms with van der Waals surface area (Å²) in [7, 11) is 0. The minimum Gasteiger partial charge on any atom is -0.326 e. The lowest BCUT2D eigenvalue weighted by Gasteiger charge is -1.97. The van der Waals surface area contributed by atoms with Crippen molar-refractivity contribution < 1.29 is 13.2 Å². The van der Waals surface area contributed by atoms with Crippen LogP contribution in [0.3, 0.4) is 0 Å². The topological polar surface area (TPSA) is 67.9 Å². The van der Waals surface area contributed by atoms with Crippen molar-refractivity contribution in [1.29, 1.82) is 0 Å². The molecule has 0 aliphatic heterocycles. The average molecular weight is 320 g/mol. The molecule has 2 aromatic rings. The third-order valence-corrected chi connectivity index (χ3v) is 2.96. The van der Waals surface area contributed by atoms with Crippen molar-refractivity contribution >= 4 is 21.6 Å². The first kappa shape index (κ1) is 12.9. The highest BCUT2D eigenvalue weighted by Crippen LogP contribution is 2.09. The van der Waals surface area contributed by atoms with Gasteiger partial charge < -0.3 is 5.73 Å². The van der Waals surface area contributed by atoms with Crippen molar-refractivity contribution in [2.45, 2.75) is 6.54 Å². The van der Waals surface area contributed by atoms with E-state index in [1.807, 2.05) is 0 Å². The van der Waals surface area contributed by atoms with Gasteiger partial charge in [-0.15, -0.1) is 4.68 Å². The van der Waals surface area contributed by atoms with Crippen LogP contribution >= 0.6 is 15.9 Å². The Morgan fingerprint density at radius 1 is 1.56 bits per heavy atom. The summed E-state index contributed by atoms with van der Waals surface area (Å²) in [5.41, 5.74) is 5.01. The van der Waals surface area contributed by atoms with Gasteiger partial charge in [-0.3, -0.25) is 0 Å². The molecule has 0 aromatic carbocycles. The van der Waals surface area contributed by atoms with Crippen LogP contribution in [0, 0.1) is 0 Å². The predicted octanol–water partition coefficient (Wildman–Crippen LogP) is 0.787. The summed E-state index contributed by atoms with van der Waals surface area (Å²) in [6.07, 6.45) is -0.305. The largest absolute Gasteiger partial charge is 0.476 e. The van der Waals surface area contributed by atoms with Crippen LogP contribution in [0.25, 0.3) is 5.65 Å². The van der Waals surface area contributed by atoms with E-state index in [9.17, 15) is 13.6 Å². The molecule has 2 rings (SSSR count). The number of rotatable bonds is 3.